The van der Waals surface area contributed by atoms with Crippen LogP contribution in [0.1, 0.15) is 38.2 Å². The summed E-state index contributed by atoms with van der Waals surface area (Å²) in [7, 11) is 2.19. The summed E-state index contributed by atoms with van der Waals surface area (Å²) in [6, 6.07) is 9.80. The van der Waals surface area contributed by atoms with Crippen molar-refractivity contribution < 1.29 is 0 Å². The van der Waals surface area contributed by atoms with E-state index in [1.807, 2.05) is 0 Å². The van der Waals surface area contributed by atoms with Gasteiger partial charge in [-0.05, 0) is 56.3 Å². The SMILES string of the molecule is CCc1ccc(N(C)CCCCNC2CC2)cc1. The molecule has 1 aliphatic rings. The lowest BCUT2D eigenvalue weighted by Crippen LogP contribution is -2.21. The van der Waals surface area contributed by atoms with Crippen molar-refractivity contribution in [3.8, 4) is 0 Å². The van der Waals surface area contributed by atoms with Gasteiger partial charge in [0.05, 0.1) is 0 Å². The Morgan fingerprint density at radius 2 is 1.89 bits per heavy atom. The van der Waals surface area contributed by atoms with Crippen LogP contribution in [0.3, 0.4) is 0 Å². The standard InChI is InChI=1S/C16H26N2/c1-3-14-6-10-16(11-7-14)18(2)13-5-4-12-17-15-8-9-15/h6-7,10-11,15,17H,3-5,8-9,12-13H2,1-2H3. The molecule has 2 rings (SSSR count). The Bertz CT molecular complexity index is 341. The molecule has 0 bridgehead atoms. The molecule has 2 heteroatoms. The molecule has 0 heterocycles. The van der Waals surface area contributed by atoms with Crippen LogP contribution in [0.4, 0.5) is 5.69 Å². The highest BCUT2D eigenvalue weighted by Gasteiger charge is 2.19. The topological polar surface area (TPSA) is 15.3 Å². The molecule has 0 aromatic heterocycles. The Hall–Kier alpha value is -1.02. The number of hydrogen-bond acceptors (Lipinski definition) is 2. The van der Waals surface area contributed by atoms with Gasteiger partial charge in [-0.3, -0.25) is 0 Å². The molecule has 0 amide bonds. The van der Waals surface area contributed by atoms with Gasteiger partial charge in [-0.25, -0.2) is 0 Å². The highest BCUT2D eigenvalue weighted by molar-refractivity contribution is 5.46. The van der Waals surface area contributed by atoms with E-state index >= 15 is 0 Å². The van der Waals surface area contributed by atoms with Crippen LogP contribution in [0, 0.1) is 0 Å². The van der Waals surface area contributed by atoms with E-state index in [1.54, 1.807) is 0 Å². The molecular formula is C16H26N2. The summed E-state index contributed by atoms with van der Waals surface area (Å²) >= 11 is 0. The minimum Gasteiger partial charge on any atom is -0.375 e. The van der Waals surface area contributed by atoms with E-state index in [1.165, 1.54) is 43.5 Å². The molecular weight excluding hydrogens is 220 g/mol. The first kappa shape index (κ1) is 13.4. The molecule has 0 aliphatic heterocycles. The third kappa shape index (κ3) is 4.34. The van der Waals surface area contributed by atoms with Gasteiger partial charge in [0.15, 0.2) is 0 Å². The van der Waals surface area contributed by atoms with Gasteiger partial charge in [0.1, 0.15) is 0 Å². The van der Waals surface area contributed by atoms with Crippen LogP contribution < -0.4 is 10.2 Å². The molecule has 0 saturated heterocycles. The van der Waals surface area contributed by atoms with Gasteiger partial charge in [-0.15, -0.1) is 0 Å². The second kappa shape index (κ2) is 6.79. The smallest absolute Gasteiger partial charge is 0.0363 e. The number of nitrogens with zero attached hydrogens (tertiary/aromatic N) is 1. The summed E-state index contributed by atoms with van der Waals surface area (Å²) < 4.78 is 0. The Kier molecular flexibility index (Phi) is 5.06. The maximum atomic E-state index is 3.57. The largest absolute Gasteiger partial charge is 0.375 e. The van der Waals surface area contributed by atoms with Crippen LogP contribution in [0.25, 0.3) is 0 Å². The van der Waals surface area contributed by atoms with E-state index in [0.29, 0.717) is 0 Å². The Balaban J connectivity index is 1.64. The van der Waals surface area contributed by atoms with Crippen molar-refractivity contribution in [1.82, 2.24) is 5.32 Å². The minimum absolute atomic E-state index is 0.851. The van der Waals surface area contributed by atoms with Crippen molar-refractivity contribution in [2.24, 2.45) is 0 Å². The van der Waals surface area contributed by atoms with Gasteiger partial charge in [0.25, 0.3) is 0 Å². The quantitative estimate of drug-likeness (QED) is 0.709. The minimum atomic E-state index is 0.851. The van der Waals surface area contributed by atoms with Crippen molar-refractivity contribution >= 4 is 5.69 Å². The fraction of sp³-hybridized carbons (Fsp3) is 0.625. The summed E-state index contributed by atoms with van der Waals surface area (Å²) in [4.78, 5) is 2.36. The first-order chi connectivity index (χ1) is 8.79. The average Bonchev–Trinajstić information content (AvgIpc) is 3.22. The third-order valence-corrected chi connectivity index (χ3v) is 3.72. The molecule has 18 heavy (non-hydrogen) atoms. The lowest BCUT2D eigenvalue weighted by Gasteiger charge is -2.19. The van der Waals surface area contributed by atoms with E-state index in [-0.39, 0.29) is 0 Å². The van der Waals surface area contributed by atoms with Gasteiger partial charge in [-0.2, -0.15) is 0 Å². The van der Waals surface area contributed by atoms with Crippen LogP contribution in [-0.2, 0) is 6.42 Å². The van der Waals surface area contributed by atoms with Gasteiger partial charge < -0.3 is 10.2 Å². The summed E-state index contributed by atoms with van der Waals surface area (Å²) in [6.07, 6.45) is 6.46. The summed E-state index contributed by atoms with van der Waals surface area (Å²) in [5.41, 5.74) is 2.75. The van der Waals surface area contributed by atoms with E-state index in [4.69, 9.17) is 0 Å². The average molecular weight is 246 g/mol. The van der Waals surface area contributed by atoms with Crippen molar-refractivity contribution in [2.75, 3.05) is 25.0 Å². The molecule has 0 unspecified atom stereocenters. The molecule has 0 spiro atoms. The lowest BCUT2D eigenvalue weighted by molar-refractivity contribution is 0.618. The van der Waals surface area contributed by atoms with E-state index < -0.39 is 0 Å². The Labute approximate surface area is 111 Å². The maximum Gasteiger partial charge on any atom is 0.0363 e. The number of nitrogens with one attached hydrogen (secondary N) is 1. The molecule has 1 saturated carbocycles. The zero-order chi connectivity index (χ0) is 12.8. The monoisotopic (exact) mass is 246 g/mol. The predicted octanol–water partition coefficient (Wildman–Crippen LogP) is 3.22. The number of rotatable bonds is 8. The van der Waals surface area contributed by atoms with Crippen LogP contribution in [0.15, 0.2) is 24.3 Å². The molecule has 1 fully saturated rings. The van der Waals surface area contributed by atoms with E-state index in [9.17, 15) is 0 Å². The van der Waals surface area contributed by atoms with E-state index in [0.717, 1.165) is 19.0 Å². The van der Waals surface area contributed by atoms with Crippen molar-refractivity contribution in [2.45, 2.75) is 45.1 Å². The zero-order valence-electron chi connectivity index (χ0n) is 11.8. The van der Waals surface area contributed by atoms with Gasteiger partial charge in [-0.1, -0.05) is 19.1 Å². The highest BCUT2D eigenvalue weighted by atomic mass is 15.1. The van der Waals surface area contributed by atoms with Crippen LogP contribution >= 0.6 is 0 Å². The first-order valence-corrected chi connectivity index (χ1v) is 7.33. The Morgan fingerprint density at radius 3 is 2.50 bits per heavy atom. The van der Waals surface area contributed by atoms with Crippen LogP contribution in [0.2, 0.25) is 0 Å². The van der Waals surface area contributed by atoms with Gasteiger partial charge in [0.2, 0.25) is 0 Å². The molecule has 0 radical (unpaired) electrons. The molecule has 1 N–H and O–H groups in total. The fourth-order valence-electron chi connectivity index (χ4n) is 2.18. The number of anilines is 1. The normalized spacial score (nSPS) is 14.8. The summed E-state index contributed by atoms with van der Waals surface area (Å²) in [5, 5.41) is 3.57. The number of unbranched alkanes of at least 4 members (excludes halogenated alkanes) is 1. The van der Waals surface area contributed by atoms with Crippen molar-refractivity contribution in [3.05, 3.63) is 29.8 Å². The molecule has 2 nitrogen and oxygen atoms in total. The maximum absolute atomic E-state index is 3.57. The van der Waals surface area contributed by atoms with Crippen molar-refractivity contribution in [1.29, 1.82) is 0 Å². The first-order valence-electron chi connectivity index (χ1n) is 7.33. The second-order valence-corrected chi connectivity index (χ2v) is 5.38. The summed E-state index contributed by atoms with van der Waals surface area (Å²) in [5.74, 6) is 0. The summed E-state index contributed by atoms with van der Waals surface area (Å²) in [6.45, 7) is 4.54. The molecule has 100 valence electrons. The fourth-order valence-corrected chi connectivity index (χ4v) is 2.18. The number of aryl methyl sites for hydroxylation is 1. The van der Waals surface area contributed by atoms with Crippen LogP contribution in [-0.4, -0.2) is 26.2 Å². The highest BCUT2D eigenvalue weighted by Crippen LogP contribution is 2.18. The predicted molar refractivity (Wildman–Crippen MR) is 79.3 cm³/mol. The molecule has 1 aliphatic carbocycles. The third-order valence-electron chi connectivity index (χ3n) is 3.72. The van der Waals surface area contributed by atoms with Gasteiger partial charge >= 0.3 is 0 Å². The van der Waals surface area contributed by atoms with Crippen molar-refractivity contribution in [3.63, 3.8) is 0 Å². The zero-order valence-corrected chi connectivity index (χ0v) is 11.8. The van der Waals surface area contributed by atoms with Crippen LogP contribution in [0.5, 0.6) is 0 Å². The number of hydrogen-bond donors (Lipinski definition) is 1. The van der Waals surface area contributed by atoms with Gasteiger partial charge in [0, 0.05) is 25.3 Å². The Morgan fingerprint density at radius 1 is 1.17 bits per heavy atom. The molecule has 0 atom stereocenters. The number of benzene rings is 1. The molecule has 1 aromatic carbocycles. The van der Waals surface area contributed by atoms with E-state index in [2.05, 4.69) is 48.5 Å². The molecule has 1 aromatic rings. The second-order valence-electron chi connectivity index (χ2n) is 5.38. The lowest BCUT2D eigenvalue weighted by atomic mass is 10.1.